The normalized spacial score (nSPS) is 27.0. The van der Waals surface area contributed by atoms with Crippen LogP contribution in [0.25, 0.3) is 0 Å². The Balaban J connectivity index is 0.00000169. The van der Waals surface area contributed by atoms with Gasteiger partial charge in [0.05, 0.1) is 0 Å². The summed E-state index contributed by atoms with van der Waals surface area (Å²) in [6.07, 6.45) is 8.37. The van der Waals surface area contributed by atoms with Gasteiger partial charge in [0.1, 0.15) is 0 Å². The van der Waals surface area contributed by atoms with Crippen molar-refractivity contribution in [2.45, 2.75) is 53.4 Å². The smallest absolute Gasteiger partial charge is 0.322 e. The molecule has 14 heavy (non-hydrogen) atoms. The third-order valence-electron chi connectivity index (χ3n) is 3.00. The molecule has 0 saturated heterocycles. The van der Waals surface area contributed by atoms with Gasteiger partial charge in [0.2, 0.25) is 0 Å². The first kappa shape index (κ1) is 14.6. The zero-order chi connectivity index (χ0) is 9.84. The van der Waals surface area contributed by atoms with Crippen LogP contribution in [0.3, 0.4) is 0 Å². The van der Waals surface area contributed by atoms with Gasteiger partial charge in [-0.15, -0.1) is 0 Å². The molecule has 0 heterocycles. The fraction of sp³-hybridized carbons (Fsp3) is 0.923. The molecule has 0 N–H and O–H groups in total. The molecule has 0 bridgehead atoms. The van der Waals surface area contributed by atoms with Crippen molar-refractivity contribution in [1.29, 1.82) is 0 Å². The van der Waals surface area contributed by atoms with Gasteiger partial charge in [-0.05, 0) is 11.8 Å². The summed E-state index contributed by atoms with van der Waals surface area (Å²) in [6, 6.07) is 0. The van der Waals surface area contributed by atoms with Gasteiger partial charge in [0.15, 0.2) is 0 Å². The maximum Gasteiger partial charge on any atom is 1.00 e. The van der Waals surface area contributed by atoms with Crippen LogP contribution in [-0.4, -0.2) is 0 Å². The van der Waals surface area contributed by atoms with E-state index in [-0.39, 0.29) is 18.9 Å². The molecule has 0 aromatic heterocycles. The minimum Gasteiger partial charge on any atom is -0.322 e. The summed E-state index contributed by atoms with van der Waals surface area (Å²) in [7, 11) is 0. The largest absolute Gasteiger partial charge is 1.00 e. The summed E-state index contributed by atoms with van der Waals surface area (Å²) in [5.74, 6) is 3.62. The Morgan fingerprint density at radius 1 is 0.929 bits per heavy atom. The molecule has 0 aliphatic heterocycles. The first-order valence-electron chi connectivity index (χ1n) is 5.93. The molecule has 0 spiro atoms. The van der Waals surface area contributed by atoms with Crippen molar-refractivity contribution in [3.05, 3.63) is 6.42 Å². The van der Waals surface area contributed by atoms with E-state index in [1.807, 2.05) is 0 Å². The molecule has 78 valence electrons. The average Bonchev–Trinajstić information content (AvgIpc) is 2.33. The first-order valence-corrected chi connectivity index (χ1v) is 5.93. The van der Waals surface area contributed by atoms with Crippen LogP contribution in [0.15, 0.2) is 0 Å². The van der Waals surface area contributed by atoms with E-state index in [0.29, 0.717) is 0 Å². The van der Waals surface area contributed by atoms with Crippen LogP contribution in [0, 0.1) is 30.1 Å². The summed E-state index contributed by atoms with van der Waals surface area (Å²) >= 11 is 0. The van der Waals surface area contributed by atoms with Gasteiger partial charge in [0.25, 0.3) is 0 Å². The molecular weight excluding hydrogens is 163 g/mol. The van der Waals surface area contributed by atoms with Gasteiger partial charge in [-0.2, -0.15) is 11.8 Å². The van der Waals surface area contributed by atoms with Crippen molar-refractivity contribution in [1.82, 2.24) is 0 Å². The van der Waals surface area contributed by atoms with Crippen LogP contribution in [-0.2, 0) is 0 Å². The fourth-order valence-electron chi connectivity index (χ4n) is 2.61. The van der Waals surface area contributed by atoms with E-state index in [2.05, 4.69) is 34.1 Å². The van der Waals surface area contributed by atoms with Gasteiger partial charge >= 0.3 is 18.9 Å². The molecule has 0 aromatic rings. The molecule has 1 aliphatic carbocycles. The van der Waals surface area contributed by atoms with Crippen molar-refractivity contribution in [2.24, 2.45) is 23.7 Å². The monoisotopic (exact) mass is 188 g/mol. The fourth-order valence-corrected chi connectivity index (χ4v) is 2.61. The zero-order valence-corrected chi connectivity index (χ0v) is 10.7. The van der Waals surface area contributed by atoms with E-state index in [4.69, 9.17) is 0 Å². The minimum atomic E-state index is 0. The average molecular weight is 188 g/mol. The second kappa shape index (κ2) is 6.97. The van der Waals surface area contributed by atoms with E-state index < -0.39 is 0 Å². The minimum absolute atomic E-state index is 0. The Morgan fingerprint density at radius 2 is 1.29 bits per heavy atom. The Labute approximate surface area is 102 Å². The van der Waals surface area contributed by atoms with Crippen LogP contribution < -0.4 is 18.9 Å². The maximum absolute atomic E-state index is 2.64. The standard InChI is InChI=1S/C13H25.Li/c1-10(2)7-12-5-6-13(9-12)8-11(3)4;/h9-13H,5-8H2,1-4H3;/q-1;+1. The molecule has 0 amide bonds. The van der Waals surface area contributed by atoms with E-state index >= 15 is 0 Å². The number of hydrogen-bond donors (Lipinski definition) is 0. The second-order valence-electron chi connectivity index (χ2n) is 5.55. The van der Waals surface area contributed by atoms with E-state index in [9.17, 15) is 0 Å². The van der Waals surface area contributed by atoms with Gasteiger partial charge < -0.3 is 6.42 Å². The topological polar surface area (TPSA) is 0 Å². The summed E-state index contributed by atoms with van der Waals surface area (Å²) in [5.41, 5.74) is 0. The van der Waals surface area contributed by atoms with Crippen LogP contribution >= 0.6 is 0 Å². The SMILES string of the molecule is CC(C)CC1[CH-]C(CC(C)C)CC1.[Li+]. The molecule has 1 aliphatic rings. The third-order valence-corrected chi connectivity index (χ3v) is 3.00. The molecule has 2 atom stereocenters. The van der Waals surface area contributed by atoms with Crippen molar-refractivity contribution in [2.75, 3.05) is 0 Å². The molecule has 0 radical (unpaired) electrons. The molecule has 2 unspecified atom stereocenters. The molecular formula is C13H25Li. The van der Waals surface area contributed by atoms with Crippen LogP contribution in [0.1, 0.15) is 53.4 Å². The predicted molar refractivity (Wildman–Crippen MR) is 59.4 cm³/mol. The first-order chi connectivity index (χ1) is 6.08. The van der Waals surface area contributed by atoms with Gasteiger partial charge in [-0.1, -0.05) is 53.4 Å². The quantitative estimate of drug-likeness (QED) is 0.461. The van der Waals surface area contributed by atoms with Crippen LogP contribution in [0.5, 0.6) is 0 Å². The van der Waals surface area contributed by atoms with E-state index in [1.54, 1.807) is 0 Å². The molecule has 1 heteroatoms. The molecule has 1 rings (SSSR count). The van der Waals surface area contributed by atoms with Gasteiger partial charge in [0, 0.05) is 0 Å². The molecule has 0 aromatic carbocycles. The second-order valence-corrected chi connectivity index (χ2v) is 5.55. The van der Waals surface area contributed by atoms with Crippen molar-refractivity contribution in [3.8, 4) is 0 Å². The summed E-state index contributed by atoms with van der Waals surface area (Å²) in [6.45, 7) is 9.35. The number of hydrogen-bond acceptors (Lipinski definition) is 0. The van der Waals surface area contributed by atoms with Crippen LogP contribution in [0.4, 0.5) is 0 Å². The molecule has 0 nitrogen and oxygen atoms in total. The zero-order valence-electron chi connectivity index (χ0n) is 10.7. The summed E-state index contributed by atoms with van der Waals surface area (Å²) in [4.78, 5) is 0. The van der Waals surface area contributed by atoms with Gasteiger partial charge in [-0.3, -0.25) is 0 Å². The third kappa shape index (κ3) is 5.47. The predicted octanol–water partition coefficient (Wildman–Crippen LogP) is 1.31. The van der Waals surface area contributed by atoms with Crippen LogP contribution in [0.2, 0.25) is 0 Å². The van der Waals surface area contributed by atoms with Crippen molar-refractivity contribution < 1.29 is 18.9 Å². The Bertz CT molecular complexity index is 124. The molecule has 1 fully saturated rings. The maximum atomic E-state index is 2.64. The Morgan fingerprint density at radius 3 is 1.57 bits per heavy atom. The van der Waals surface area contributed by atoms with Crippen molar-refractivity contribution in [3.63, 3.8) is 0 Å². The molecule has 1 saturated carbocycles. The number of rotatable bonds is 4. The summed E-state index contributed by atoms with van der Waals surface area (Å²) < 4.78 is 0. The Kier molecular flexibility index (Phi) is 7.27. The van der Waals surface area contributed by atoms with Crippen molar-refractivity contribution >= 4 is 0 Å². The van der Waals surface area contributed by atoms with E-state index in [1.165, 1.54) is 25.7 Å². The van der Waals surface area contributed by atoms with E-state index in [0.717, 1.165) is 23.7 Å². The summed E-state index contributed by atoms with van der Waals surface area (Å²) in [5, 5.41) is 0. The Hall–Kier alpha value is 0.597. The van der Waals surface area contributed by atoms with Gasteiger partial charge in [-0.25, -0.2) is 0 Å².